The number of hydrogen-bond donors (Lipinski definition) is 1. The molecule has 2 aliphatic rings. The van der Waals surface area contributed by atoms with Crippen LogP contribution in [0.1, 0.15) is 31.2 Å². The third-order valence-electron chi connectivity index (χ3n) is 5.24. The minimum absolute atomic E-state index is 0.639. The van der Waals surface area contributed by atoms with Gasteiger partial charge in [0.05, 0.1) is 7.11 Å². The molecule has 1 heterocycles. The molecule has 132 valence electrons. The van der Waals surface area contributed by atoms with Crippen molar-refractivity contribution in [1.29, 1.82) is 0 Å². The Kier molecular flexibility index (Phi) is 5.61. The van der Waals surface area contributed by atoms with Gasteiger partial charge in [0.2, 0.25) is 0 Å². The lowest BCUT2D eigenvalue weighted by molar-refractivity contribution is 0.180. The van der Waals surface area contributed by atoms with Crippen LogP contribution in [0.15, 0.2) is 29.3 Å². The molecule has 0 amide bonds. The maximum absolute atomic E-state index is 6.08. The number of ether oxygens (including phenoxy) is 1. The molecule has 0 radical (unpaired) electrons. The van der Waals surface area contributed by atoms with Crippen molar-refractivity contribution in [3.8, 4) is 5.75 Å². The van der Waals surface area contributed by atoms with Crippen LogP contribution >= 0.6 is 0 Å². The standard InChI is InChI=1S/C19H30N4O/c1-22(17-5-6-17)19(20)21-13-15-9-11-23(12-10-15)14-16-3-7-18(24-2)8-4-16/h3-4,7-8,15,17H,5-6,9-14H2,1-2H3,(H2,20,21). The number of benzene rings is 1. The van der Waals surface area contributed by atoms with Crippen LogP contribution in [-0.4, -0.2) is 55.6 Å². The fourth-order valence-corrected chi connectivity index (χ4v) is 3.30. The summed E-state index contributed by atoms with van der Waals surface area (Å²) in [7, 11) is 3.77. The molecule has 0 spiro atoms. The highest BCUT2D eigenvalue weighted by Crippen LogP contribution is 2.25. The lowest BCUT2D eigenvalue weighted by Gasteiger charge is -2.31. The summed E-state index contributed by atoms with van der Waals surface area (Å²) in [6.07, 6.45) is 4.94. The van der Waals surface area contributed by atoms with Crippen LogP contribution in [0.25, 0.3) is 0 Å². The van der Waals surface area contributed by atoms with Crippen molar-refractivity contribution in [3.63, 3.8) is 0 Å². The molecule has 0 atom stereocenters. The number of likely N-dealkylation sites (tertiary alicyclic amines) is 1. The molecule has 0 unspecified atom stereocenters. The molecular formula is C19H30N4O. The van der Waals surface area contributed by atoms with E-state index in [0.717, 1.165) is 37.9 Å². The maximum Gasteiger partial charge on any atom is 0.191 e. The van der Waals surface area contributed by atoms with Crippen LogP contribution in [0.2, 0.25) is 0 Å². The molecule has 5 heteroatoms. The molecule has 2 N–H and O–H groups in total. The van der Waals surface area contributed by atoms with E-state index >= 15 is 0 Å². The zero-order valence-electron chi connectivity index (χ0n) is 14.9. The second kappa shape index (κ2) is 7.88. The number of aliphatic imine (C=N–C) groups is 1. The molecule has 1 aromatic carbocycles. The predicted octanol–water partition coefficient (Wildman–Crippen LogP) is 2.32. The molecule has 2 fully saturated rings. The van der Waals surface area contributed by atoms with E-state index in [9.17, 15) is 0 Å². The number of guanidine groups is 1. The van der Waals surface area contributed by atoms with Gasteiger partial charge >= 0.3 is 0 Å². The molecule has 24 heavy (non-hydrogen) atoms. The van der Waals surface area contributed by atoms with Gasteiger partial charge in [-0.15, -0.1) is 0 Å². The van der Waals surface area contributed by atoms with E-state index in [4.69, 9.17) is 10.5 Å². The first-order chi connectivity index (χ1) is 11.7. The largest absolute Gasteiger partial charge is 0.497 e. The van der Waals surface area contributed by atoms with Crippen LogP contribution in [-0.2, 0) is 6.54 Å². The summed E-state index contributed by atoms with van der Waals surface area (Å²) in [5.74, 6) is 2.31. The molecular weight excluding hydrogens is 300 g/mol. The van der Waals surface area contributed by atoms with Crippen molar-refractivity contribution in [3.05, 3.63) is 29.8 Å². The van der Waals surface area contributed by atoms with Gasteiger partial charge in [-0.25, -0.2) is 0 Å². The molecule has 1 aliphatic carbocycles. The average molecular weight is 330 g/mol. The Labute approximate surface area is 145 Å². The smallest absolute Gasteiger partial charge is 0.191 e. The summed E-state index contributed by atoms with van der Waals surface area (Å²) in [5.41, 5.74) is 7.43. The minimum Gasteiger partial charge on any atom is -0.497 e. The highest BCUT2D eigenvalue weighted by Gasteiger charge is 2.27. The second-order valence-corrected chi connectivity index (χ2v) is 7.11. The van der Waals surface area contributed by atoms with Gasteiger partial charge in [0, 0.05) is 26.2 Å². The first-order valence-electron chi connectivity index (χ1n) is 9.03. The lowest BCUT2D eigenvalue weighted by Crippen LogP contribution is -2.37. The fraction of sp³-hybridized carbons (Fsp3) is 0.632. The van der Waals surface area contributed by atoms with Crippen molar-refractivity contribution in [2.45, 2.75) is 38.3 Å². The normalized spacial score (nSPS) is 20.2. The van der Waals surface area contributed by atoms with E-state index < -0.39 is 0 Å². The number of rotatable bonds is 6. The number of nitrogens with two attached hydrogens (primary N) is 1. The number of nitrogens with zero attached hydrogens (tertiary/aromatic N) is 3. The Morgan fingerprint density at radius 3 is 2.46 bits per heavy atom. The third kappa shape index (κ3) is 4.63. The number of piperidine rings is 1. The van der Waals surface area contributed by atoms with E-state index in [1.807, 2.05) is 12.1 Å². The maximum atomic E-state index is 6.08. The van der Waals surface area contributed by atoms with E-state index in [0.29, 0.717) is 12.0 Å². The summed E-state index contributed by atoms with van der Waals surface area (Å²) >= 11 is 0. The van der Waals surface area contributed by atoms with Crippen molar-refractivity contribution in [2.24, 2.45) is 16.6 Å². The number of hydrogen-bond acceptors (Lipinski definition) is 3. The van der Waals surface area contributed by atoms with E-state index in [-0.39, 0.29) is 0 Å². The van der Waals surface area contributed by atoms with Gasteiger partial charge in [-0.2, -0.15) is 0 Å². The summed E-state index contributed by atoms with van der Waals surface area (Å²) in [6, 6.07) is 9.03. The van der Waals surface area contributed by atoms with Gasteiger partial charge in [-0.05, 0) is 62.4 Å². The van der Waals surface area contributed by atoms with E-state index in [1.165, 1.54) is 31.2 Å². The zero-order valence-corrected chi connectivity index (χ0v) is 14.9. The molecule has 1 aliphatic heterocycles. The van der Waals surface area contributed by atoms with Gasteiger partial charge < -0.3 is 15.4 Å². The summed E-state index contributed by atoms with van der Waals surface area (Å²) in [4.78, 5) is 9.29. The Morgan fingerprint density at radius 1 is 1.21 bits per heavy atom. The van der Waals surface area contributed by atoms with Gasteiger partial charge in [-0.1, -0.05) is 12.1 Å². The predicted molar refractivity (Wildman–Crippen MR) is 98.3 cm³/mol. The molecule has 5 nitrogen and oxygen atoms in total. The second-order valence-electron chi connectivity index (χ2n) is 7.11. The summed E-state index contributed by atoms with van der Waals surface area (Å²) in [6.45, 7) is 4.18. The first kappa shape index (κ1) is 17.1. The Balaban J connectivity index is 1.41. The highest BCUT2D eigenvalue weighted by atomic mass is 16.5. The van der Waals surface area contributed by atoms with E-state index in [2.05, 4.69) is 34.0 Å². The summed E-state index contributed by atoms with van der Waals surface area (Å²) in [5, 5.41) is 0. The van der Waals surface area contributed by atoms with Crippen molar-refractivity contribution < 1.29 is 4.74 Å². The molecule has 0 bridgehead atoms. The van der Waals surface area contributed by atoms with Gasteiger partial charge in [0.25, 0.3) is 0 Å². The molecule has 0 aromatic heterocycles. The molecule has 1 saturated heterocycles. The SMILES string of the molecule is COc1ccc(CN2CCC(CN=C(N)N(C)C3CC3)CC2)cc1. The van der Waals surface area contributed by atoms with Crippen LogP contribution in [0.4, 0.5) is 0 Å². The van der Waals surface area contributed by atoms with E-state index in [1.54, 1.807) is 7.11 Å². The van der Waals surface area contributed by atoms with Crippen molar-refractivity contribution in [2.75, 3.05) is 33.8 Å². The molecule has 3 rings (SSSR count). The van der Waals surface area contributed by atoms with Crippen molar-refractivity contribution in [1.82, 2.24) is 9.80 Å². The first-order valence-corrected chi connectivity index (χ1v) is 9.03. The third-order valence-corrected chi connectivity index (χ3v) is 5.24. The zero-order chi connectivity index (χ0) is 16.9. The van der Waals surface area contributed by atoms with Crippen LogP contribution in [0, 0.1) is 5.92 Å². The van der Waals surface area contributed by atoms with Crippen LogP contribution in [0.5, 0.6) is 5.75 Å². The van der Waals surface area contributed by atoms with Crippen LogP contribution < -0.4 is 10.5 Å². The Morgan fingerprint density at radius 2 is 1.88 bits per heavy atom. The molecule has 1 aromatic rings. The van der Waals surface area contributed by atoms with Crippen molar-refractivity contribution >= 4 is 5.96 Å². The number of methoxy groups -OCH3 is 1. The monoisotopic (exact) mass is 330 g/mol. The van der Waals surface area contributed by atoms with Gasteiger partial charge in [-0.3, -0.25) is 9.89 Å². The summed E-state index contributed by atoms with van der Waals surface area (Å²) < 4.78 is 5.22. The Bertz CT molecular complexity index is 545. The van der Waals surface area contributed by atoms with Gasteiger partial charge in [0.1, 0.15) is 5.75 Å². The van der Waals surface area contributed by atoms with Crippen LogP contribution in [0.3, 0.4) is 0 Å². The Hall–Kier alpha value is -1.75. The highest BCUT2D eigenvalue weighted by molar-refractivity contribution is 5.78. The quantitative estimate of drug-likeness (QED) is 0.642. The molecule has 1 saturated carbocycles. The average Bonchev–Trinajstić information content (AvgIpc) is 3.46. The minimum atomic E-state index is 0.639. The fourth-order valence-electron chi connectivity index (χ4n) is 3.30. The topological polar surface area (TPSA) is 54.1 Å². The van der Waals surface area contributed by atoms with Gasteiger partial charge in [0.15, 0.2) is 5.96 Å². The lowest BCUT2D eigenvalue weighted by atomic mass is 9.96.